The van der Waals surface area contributed by atoms with Crippen LogP contribution in [0.15, 0.2) is 21.1 Å². The van der Waals surface area contributed by atoms with E-state index >= 15 is 0 Å². The molecule has 0 aliphatic carbocycles. The topological polar surface area (TPSA) is 47.8 Å². The molecule has 0 aliphatic heterocycles. The van der Waals surface area contributed by atoms with Gasteiger partial charge >= 0.3 is 0 Å². The molecular formula is C10H10BrN3OS2. The zero-order chi connectivity index (χ0) is 12.4. The first-order chi connectivity index (χ1) is 8.09. The van der Waals surface area contributed by atoms with Crippen molar-refractivity contribution in [3.63, 3.8) is 0 Å². The Morgan fingerprint density at radius 2 is 2.35 bits per heavy atom. The Labute approximate surface area is 116 Å². The second kappa shape index (κ2) is 5.32. The average molecular weight is 332 g/mol. The lowest BCUT2D eigenvalue weighted by Gasteiger charge is -2.00. The number of ketones is 1. The molecule has 0 N–H and O–H groups in total. The number of halogens is 1. The van der Waals surface area contributed by atoms with E-state index < -0.39 is 0 Å². The van der Waals surface area contributed by atoms with Crippen LogP contribution in [0.25, 0.3) is 0 Å². The predicted molar refractivity (Wildman–Crippen MR) is 72.8 cm³/mol. The minimum atomic E-state index is 0.109. The molecule has 0 spiro atoms. The van der Waals surface area contributed by atoms with Gasteiger partial charge in [-0.3, -0.25) is 4.79 Å². The molecule has 0 fully saturated rings. The van der Waals surface area contributed by atoms with E-state index in [-0.39, 0.29) is 5.78 Å². The molecular weight excluding hydrogens is 322 g/mol. The van der Waals surface area contributed by atoms with Crippen molar-refractivity contribution in [3.05, 3.63) is 26.6 Å². The summed E-state index contributed by atoms with van der Waals surface area (Å²) in [6, 6.07) is 1.88. The Balaban J connectivity index is 2.02. The smallest absolute Gasteiger partial charge is 0.191 e. The van der Waals surface area contributed by atoms with E-state index in [0.717, 1.165) is 20.3 Å². The standard InChI is InChI=1S/C10H10BrN3OS2/c1-6-12-13-10(14(6)2)17-5-8(15)9-7(11)3-4-16-9/h3-4H,5H2,1-2H3. The molecule has 4 nitrogen and oxygen atoms in total. The monoisotopic (exact) mass is 331 g/mol. The first kappa shape index (κ1) is 12.8. The summed E-state index contributed by atoms with van der Waals surface area (Å²) in [4.78, 5) is 12.7. The number of nitrogens with zero attached hydrogens (tertiary/aromatic N) is 3. The lowest BCUT2D eigenvalue weighted by Crippen LogP contribution is -2.02. The van der Waals surface area contributed by atoms with E-state index in [0.29, 0.717) is 5.75 Å². The van der Waals surface area contributed by atoms with E-state index in [4.69, 9.17) is 0 Å². The van der Waals surface area contributed by atoms with Gasteiger partial charge in [-0.1, -0.05) is 11.8 Å². The molecule has 0 atom stereocenters. The summed E-state index contributed by atoms with van der Waals surface area (Å²) in [6.07, 6.45) is 0. The molecule has 0 bridgehead atoms. The van der Waals surface area contributed by atoms with Crippen LogP contribution >= 0.6 is 39.0 Å². The maximum absolute atomic E-state index is 11.9. The van der Waals surface area contributed by atoms with Crippen LogP contribution in [0.2, 0.25) is 0 Å². The summed E-state index contributed by atoms with van der Waals surface area (Å²) in [5, 5.41) is 10.6. The summed E-state index contributed by atoms with van der Waals surface area (Å²) in [7, 11) is 1.89. The first-order valence-corrected chi connectivity index (χ1v) is 7.50. The van der Waals surface area contributed by atoms with Crippen LogP contribution in [0.5, 0.6) is 0 Å². The highest BCUT2D eigenvalue weighted by molar-refractivity contribution is 9.10. The maximum Gasteiger partial charge on any atom is 0.191 e. The van der Waals surface area contributed by atoms with E-state index in [9.17, 15) is 4.79 Å². The summed E-state index contributed by atoms with van der Waals surface area (Å²) in [5.74, 6) is 1.33. The fraction of sp³-hybridized carbons (Fsp3) is 0.300. The molecule has 0 amide bonds. The van der Waals surface area contributed by atoms with Crippen LogP contribution in [-0.2, 0) is 7.05 Å². The third-order valence-corrected chi connectivity index (χ3v) is 5.15. The van der Waals surface area contributed by atoms with Crippen LogP contribution in [0.4, 0.5) is 0 Å². The summed E-state index contributed by atoms with van der Waals surface area (Å²) in [5.41, 5.74) is 0. The fourth-order valence-corrected chi connectivity index (χ4v) is 3.66. The minimum absolute atomic E-state index is 0.109. The van der Waals surface area contributed by atoms with Crippen LogP contribution in [-0.4, -0.2) is 26.3 Å². The van der Waals surface area contributed by atoms with Crippen molar-refractivity contribution < 1.29 is 4.79 Å². The Hall–Kier alpha value is -0.660. The number of hydrogen-bond acceptors (Lipinski definition) is 5. The molecule has 0 saturated carbocycles. The second-order valence-electron chi connectivity index (χ2n) is 3.40. The number of aromatic nitrogens is 3. The molecule has 0 aliphatic rings. The number of thiophene rings is 1. The van der Waals surface area contributed by atoms with Gasteiger partial charge < -0.3 is 4.57 Å². The summed E-state index contributed by atoms with van der Waals surface area (Å²) >= 11 is 6.22. The fourth-order valence-electron chi connectivity index (χ4n) is 1.20. The van der Waals surface area contributed by atoms with Crippen molar-refractivity contribution in [1.82, 2.24) is 14.8 Å². The lowest BCUT2D eigenvalue weighted by molar-refractivity contribution is 0.102. The molecule has 0 unspecified atom stereocenters. The molecule has 0 aromatic carbocycles. The first-order valence-electron chi connectivity index (χ1n) is 4.84. The van der Waals surface area contributed by atoms with Crippen molar-refractivity contribution in [2.75, 3.05) is 5.75 Å². The summed E-state index contributed by atoms with van der Waals surface area (Å²) in [6.45, 7) is 1.88. The largest absolute Gasteiger partial charge is 0.309 e. The van der Waals surface area contributed by atoms with Gasteiger partial charge in [0.15, 0.2) is 10.9 Å². The number of carbonyl (C=O) groups is 1. The van der Waals surface area contributed by atoms with Gasteiger partial charge in [0, 0.05) is 11.5 Å². The van der Waals surface area contributed by atoms with E-state index in [1.165, 1.54) is 23.1 Å². The van der Waals surface area contributed by atoms with Gasteiger partial charge in [0.1, 0.15) is 5.82 Å². The SMILES string of the molecule is Cc1nnc(SCC(=O)c2sccc2Br)n1C. The predicted octanol–water partition coefficient (Wildman–Crippen LogP) is 2.92. The molecule has 90 valence electrons. The van der Waals surface area contributed by atoms with E-state index in [1.54, 1.807) is 0 Å². The highest BCUT2D eigenvalue weighted by Crippen LogP contribution is 2.25. The third-order valence-electron chi connectivity index (χ3n) is 2.26. The molecule has 2 aromatic rings. The molecule has 2 rings (SSSR count). The zero-order valence-corrected chi connectivity index (χ0v) is 12.5. The van der Waals surface area contributed by atoms with Crippen LogP contribution in [0.3, 0.4) is 0 Å². The molecule has 0 radical (unpaired) electrons. The maximum atomic E-state index is 11.9. The highest BCUT2D eigenvalue weighted by atomic mass is 79.9. The summed E-state index contributed by atoms with van der Waals surface area (Å²) < 4.78 is 2.74. The van der Waals surface area contributed by atoms with Gasteiger partial charge in [-0.05, 0) is 34.3 Å². The zero-order valence-electron chi connectivity index (χ0n) is 9.31. The Morgan fingerprint density at radius 3 is 2.88 bits per heavy atom. The van der Waals surface area contributed by atoms with Gasteiger partial charge in [0.2, 0.25) is 0 Å². The number of carbonyl (C=O) groups excluding carboxylic acids is 1. The Kier molecular flexibility index (Phi) is 4.01. The van der Waals surface area contributed by atoms with Gasteiger partial charge in [-0.2, -0.15) is 0 Å². The molecule has 2 aromatic heterocycles. The van der Waals surface area contributed by atoms with Crippen molar-refractivity contribution in [2.45, 2.75) is 12.1 Å². The molecule has 2 heterocycles. The van der Waals surface area contributed by atoms with Gasteiger partial charge in [0.05, 0.1) is 10.6 Å². The van der Waals surface area contributed by atoms with Crippen LogP contribution < -0.4 is 0 Å². The number of aryl methyl sites for hydroxylation is 1. The van der Waals surface area contributed by atoms with Crippen LogP contribution in [0, 0.1) is 6.92 Å². The number of rotatable bonds is 4. The van der Waals surface area contributed by atoms with Crippen molar-refractivity contribution >= 4 is 44.8 Å². The number of Topliss-reactive ketones (excluding diaryl/α,β-unsaturated/α-hetero) is 1. The quantitative estimate of drug-likeness (QED) is 0.638. The van der Waals surface area contributed by atoms with Crippen LogP contribution in [0.1, 0.15) is 15.5 Å². The third kappa shape index (κ3) is 2.78. The molecule has 7 heteroatoms. The van der Waals surface area contributed by atoms with E-state index in [2.05, 4.69) is 26.1 Å². The second-order valence-corrected chi connectivity index (χ2v) is 6.11. The van der Waals surface area contributed by atoms with Gasteiger partial charge in [-0.15, -0.1) is 21.5 Å². The van der Waals surface area contributed by atoms with Gasteiger partial charge in [0.25, 0.3) is 0 Å². The minimum Gasteiger partial charge on any atom is -0.309 e. The number of thioether (sulfide) groups is 1. The van der Waals surface area contributed by atoms with Crippen molar-refractivity contribution in [3.8, 4) is 0 Å². The highest BCUT2D eigenvalue weighted by Gasteiger charge is 2.14. The lowest BCUT2D eigenvalue weighted by atomic mass is 10.3. The van der Waals surface area contributed by atoms with Gasteiger partial charge in [-0.25, -0.2) is 0 Å². The molecule has 0 saturated heterocycles. The Bertz CT molecular complexity index is 549. The van der Waals surface area contributed by atoms with Crippen molar-refractivity contribution in [1.29, 1.82) is 0 Å². The molecule has 17 heavy (non-hydrogen) atoms. The van der Waals surface area contributed by atoms with Crippen molar-refractivity contribution in [2.24, 2.45) is 7.05 Å². The van der Waals surface area contributed by atoms with E-state index in [1.807, 2.05) is 30.0 Å². The average Bonchev–Trinajstić information content (AvgIpc) is 2.85. The normalized spacial score (nSPS) is 10.8. The Morgan fingerprint density at radius 1 is 1.59 bits per heavy atom. The number of hydrogen-bond donors (Lipinski definition) is 0.